The fraction of sp³-hybridized carbons (Fsp3) is 0.542. The van der Waals surface area contributed by atoms with Crippen molar-refractivity contribution in [1.82, 2.24) is 4.98 Å². The summed E-state index contributed by atoms with van der Waals surface area (Å²) in [5.41, 5.74) is 2.51. The van der Waals surface area contributed by atoms with Gasteiger partial charge in [-0.05, 0) is 61.3 Å². The van der Waals surface area contributed by atoms with E-state index in [4.69, 9.17) is 4.74 Å². The van der Waals surface area contributed by atoms with Gasteiger partial charge >= 0.3 is 0 Å². The first-order chi connectivity index (χ1) is 13.2. The average Bonchev–Trinajstić information content (AvgIpc) is 2.72. The number of methoxy groups -OCH3 is 1. The summed E-state index contributed by atoms with van der Waals surface area (Å²) in [5, 5.41) is 0. The molecule has 146 valence electrons. The summed E-state index contributed by atoms with van der Waals surface area (Å²) in [6, 6.07) is 9.01. The number of ether oxygens (including phenoxy) is 1. The van der Waals surface area contributed by atoms with Crippen LogP contribution in [0.1, 0.15) is 76.2 Å². The lowest BCUT2D eigenvalue weighted by atomic mass is 9.77. The second-order valence-corrected chi connectivity index (χ2v) is 7.89. The van der Waals surface area contributed by atoms with Gasteiger partial charge in [0, 0.05) is 17.8 Å². The van der Waals surface area contributed by atoms with Gasteiger partial charge in [-0.3, -0.25) is 4.98 Å². The summed E-state index contributed by atoms with van der Waals surface area (Å²) in [6.07, 6.45) is 14.0. The van der Waals surface area contributed by atoms with E-state index in [0.717, 1.165) is 5.92 Å². The van der Waals surface area contributed by atoms with Crippen molar-refractivity contribution in [2.24, 2.45) is 5.92 Å². The Balaban J connectivity index is 1.55. The topological polar surface area (TPSA) is 22.1 Å². The Morgan fingerprint density at radius 1 is 1.04 bits per heavy atom. The number of rotatable bonds is 8. The van der Waals surface area contributed by atoms with Crippen LogP contribution >= 0.6 is 0 Å². The van der Waals surface area contributed by atoms with Crippen LogP contribution in [0.5, 0.6) is 5.75 Å². The minimum atomic E-state index is -0.293. The van der Waals surface area contributed by atoms with Gasteiger partial charge in [-0.25, -0.2) is 4.39 Å². The Bertz CT molecular complexity index is 705. The van der Waals surface area contributed by atoms with E-state index in [2.05, 4.69) is 18.0 Å². The first kappa shape index (κ1) is 19.9. The number of halogens is 1. The van der Waals surface area contributed by atoms with Crippen molar-refractivity contribution < 1.29 is 9.13 Å². The zero-order valence-corrected chi connectivity index (χ0v) is 16.7. The van der Waals surface area contributed by atoms with E-state index in [9.17, 15) is 4.39 Å². The Hall–Kier alpha value is -1.90. The highest BCUT2D eigenvalue weighted by Crippen LogP contribution is 2.38. The van der Waals surface area contributed by atoms with Crippen molar-refractivity contribution in [2.75, 3.05) is 7.11 Å². The molecule has 0 bridgehead atoms. The van der Waals surface area contributed by atoms with Gasteiger partial charge < -0.3 is 4.74 Å². The lowest BCUT2D eigenvalue weighted by Crippen LogP contribution is -2.13. The van der Waals surface area contributed by atoms with Crippen LogP contribution in [-0.4, -0.2) is 12.1 Å². The van der Waals surface area contributed by atoms with Gasteiger partial charge in [0.05, 0.1) is 12.8 Å². The summed E-state index contributed by atoms with van der Waals surface area (Å²) in [7, 11) is 1.54. The highest BCUT2D eigenvalue weighted by Gasteiger charge is 2.22. The van der Waals surface area contributed by atoms with Crippen LogP contribution in [0.15, 0.2) is 36.5 Å². The van der Waals surface area contributed by atoms with Crippen molar-refractivity contribution in [1.29, 1.82) is 0 Å². The second kappa shape index (κ2) is 9.87. The molecule has 0 N–H and O–H groups in total. The number of nitrogens with zero attached hydrogens (tertiary/aromatic N) is 1. The first-order valence-corrected chi connectivity index (χ1v) is 10.5. The Kier molecular flexibility index (Phi) is 7.25. The molecule has 0 aliphatic heterocycles. The first-order valence-electron chi connectivity index (χ1n) is 10.5. The lowest BCUT2D eigenvalue weighted by Gasteiger charge is -2.28. The summed E-state index contributed by atoms with van der Waals surface area (Å²) in [5.74, 6) is 1.76. The van der Waals surface area contributed by atoms with E-state index in [1.54, 1.807) is 19.2 Å². The van der Waals surface area contributed by atoms with E-state index < -0.39 is 0 Å². The number of unbranched alkanes of at least 4 members (excludes halogenated alkanes) is 3. The molecule has 1 heterocycles. The Morgan fingerprint density at radius 3 is 2.48 bits per heavy atom. The minimum Gasteiger partial charge on any atom is -0.497 e. The lowest BCUT2D eigenvalue weighted by molar-refractivity contribution is 0.302. The molecule has 0 amide bonds. The van der Waals surface area contributed by atoms with E-state index in [0.29, 0.717) is 22.9 Å². The van der Waals surface area contributed by atoms with Crippen LogP contribution in [0.3, 0.4) is 0 Å². The maximum Gasteiger partial charge on any atom is 0.136 e. The summed E-state index contributed by atoms with van der Waals surface area (Å²) in [4.78, 5) is 4.55. The highest BCUT2D eigenvalue weighted by atomic mass is 19.1. The Morgan fingerprint density at radius 2 is 1.85 bits per heavy atom. The molecule has 2 aromatic rings. The smallest absolute Gasteiger partial charge is 0.136 e. The van der Waals surface area contributed by atoms with E-state index in [1.807, 2.05) is 12.3 Å². The van der Waals surface area contributed by atoms with Crippen LogP contribution in [0, 0.1) is 11.7 Å². The van der Waals surface area contributed by atoms with E-state index >= 15 is 0 Å². The van der Waals surface area contributed by atoms with Gasteiger partial charge in [0.1, 0.15) is 11.6 Å². The number of pyridine rings is 1. The van der Waals surface area contributed by atoms with Gasteiger partial charge in [0.25, 0.3) is 0 Å². The van der Waals surface area contributed by atoms with Crippen molar-refractivity contribution in [3.05, 3.63) is 47.9 Å². The van der Waals surface area contributed by atoms with Crippen molar-refractivity contribution >= 4 is 0 Å². The van der Waals surface area contributed by atoms with Crippen LogP contribution in [0.4, 0.5) is 4.39 Å². The third-order valence-electron chi connectivity index (χ3n) is 6.02. The molecule has 1 fully saturated rings. The molecule has 1 saturated carbocycles. The van der Waals surface area contributed by atoms with Gasteiger partial charge in [-0.15, -0.1) is 0 Å². The van der Waals surface area contributed by atoms with Crippen LogP contribution < -0.4 is 4.74 Å². The van der Waals surface area contributed by atoms with Crippen molar-refractivity contribution in [2.45, 2.75) is 70.6 Å². The number of benzene rings is 1. The predicted molar refractivity (Wildman–Crippen MR) is 110 cm³/mol. The second-order valence-electron chi connectivity index (χ2n) is 7.89. The monoisotopic (exact) mass is 369 g/mol. The standard InChI is InChI=1S/C24H32FNO/c1-3-4-5-6-7-18-8-10-19(11-9-18)20-12-15-24(26-17-20)22-14-13-21(27-2)16-23(22)25/h12-19H,3-11H2,1-2H3/t18-,19-. The molecule has 3 heteroatoms. The molecule has 0 spiro atoms. The quantitative estimate of drug-likeness (QED) is 0.461. The average molecular weight is 370 g/mol. The van der Waals surface area contributed by atoms with Crippen molar-refractivity contribution in [3.8, 4) is 17.0 Å². The zero-order chi connectivity index (χ0) is 19.1. The zero-order valence-electron chi connectivity index (χ0n) is 16.7. The largest absolute Gasteiger partial charge is 0.497 e. The van der Waals surface area contributed by atoms with Gasteiger partial charge in [-0.1, -0.05) is 45.1 Å². The van der Waals surface area contributed by atoms with Crippen LogP contribution in [0.2, 0.25) is 0 Å². The van der Waals surface area contributed by atoms with Crippen LogP contribution in [0.25, 0.3) is 11.3 Å². The summed E-state index contributed by atoms with van der Waals surface area (Å²) in [6.45, 7) is 2.27. The molecule has 27 heavy (non-hydrogen) atoms. The molecule has 0 saturated heterocycles. The summed E-state index contributed by atoms with van der Waals surface area (Å²) >= 11 is 0. The predicted octanol–water partition coefficient (Wildman–Crippen LogP) is 7.14. The molecule has 2 nitrogen and oxygen atoms in total. The highest BCUT2D eigenvalue weighted by molar-refractivity contribution is 5.61. The fourth-order valence-corrected chi connectivity index (χ4v) is 4.28. The Labute approximate surface area is 163 Å². The number of hydrogen-bond acceptors (Lipinski definition) is 2. The molecule has 0 atom stereocenters. The van der Waals surface area contributed by atoms with Crippen LogP contribution in [-0.2, 0) is 0 Å². The molecule has 1 aromatic heterocycles. The molecular formula is C24H32FNO. The number of aromatic nitrogens is 1. The normalized spacial score (nSPS) is 19.8. The van der Waals surface area contributed by atoms with E-state index in [-0.39, 0.29) is 5.82 Å². The molecule has 1 aliphatic carbocycles. The molecule has 0 radical (unpaired) electrons. The third-order valence-corrected chi connectivity index (χ3v) is 6.02. The summed E-state index contributed by atoms with van der Waals surface area (Å²) < 4.78 is 19.3. The minimum absolute atomic E-state index is 0.293. The molecule has 1 aromatic carbocycles. The molecular weight excluding hydrogens is 337 g/mol. The maximum absolute atomic E-state index is 14.3. The van der Waals surface area contributed by atoms with Gasteiger partial charge in [-0.2, -0.15) is 0 Å². The SMILES string of the molecule is CCCCCC[C@H]1CC[C@H](c2ccc(-c3ccc(OC)cc3F)nc2)CC1. The molecule has 1 aliphatic rings. The van der Waals surface area contributed by atoms with Crippen molar-refractivity contribution in [3.63, 3.8) is 0 Å². The molecule has 3 rings (SSSR count). The number of hydrogen-bond donors (Lipinski definition) is 0. The molecule has 0 unspecified atom stereocenters. The maximum atomic E-state index is 14.3. The van der Waals surface area contributed by atoms with E-state index in [1.165, 1.54) is 69.4 Å². The fourth-order valence-electron chi connectivity index (χ4n) is 4.28. The third kappa shape index (κ3) is 5.31. The van der Waals surface area contributed by atoms with Gasteiger partial charge in [0.15, 0.2) is 0 Å². The van der Waals surface area contributed by atoms with Gasteiger partial charge in [0.2, 0.25) is 0 Å².